The van der Waals surface area contributed by atoms with Crippen molar-refractivity contribution in [3.8, 4) is 0 Å². The number of nitrogens with two attached hydrogens (primary N) is 1. The maximum atomic E-state index is 12.7. The molecule has 1 atom stereocenters. The molecule has 0 aromatic carbocycles. The van der Waals surface area contributed by atoms with Gasteiger partial charge >= 0.3 is 0 Å². The van der Waals surface area contributed by atoms with Gasteiger partial charge in [-0.15, -0.1) is 0 Å². The van der Waals surface area contributed by atoms with Gasteiger partial charge in [-0.3, -0.25) is 4.98 Å². The van der Waals surface area contributed by atoms with Gasteiger partial charge in [0.2, 0.25) is 0 Å². The van der Waals surface area contributed by atoms with Crippen molar-refractivity contribution in [1.82, 2.24) is 4.98 Å². The van der Waals surface area contributed by atoms with E-state index < -0.39 is 11.8 Å². The van der Waals surface area contributed by atoms with Gasteiger partial charge < -0.3 is 5.73 Å². The van der Waals surface area contributed by atoms with Gasteiger partial charge in [-0.2, -0.15) is 0 Å². The van der Waals surface area contributed by atoms with Crippen LogP contribution in [0.4, 0.5) is 14.5 Å². The van der Waals surface area contributed by atoms with Crippen LogP contribution in [0.25, 0.3) is 0 Å². The Morgan fingerprint density at radius 2 is 2.23 bits per heavy atom. The molecule has 4 heteroatoms. The maximum absolute atomic E-state index is 12.7. The second-order valence-electron chi connectivity index (χ2n) is 3.44. The second-order valence-corrected chi connectivity index (χ2v) is 3.44. The largest absolute Gasteiger partial charge is 0.397 e. The van der Waals surface area contributed by atoms with Crippen LogP contribution in [-0.4, -0.2) is 10.9 Å². The molecule has 70 valence electrons. The summed E-state index contributed by atoms with van der Waals surface area (Å²) in [4.78, 5) is 3.89. The minimum Gasteiger partial charge on any atom is -0.397 e. The highest BCUT2D eigenvalue weighted by molar-refractivity contribution is 5.53. The Hall–Kier alpha value is -1.19. The van der Waals surface area contributed by atoms with Crippen LogP contribution in [0, 0.1) is 6.92 Å². The third-order valence-corrected chi connectivity index (χ3v) is 2.39. The third kappa shape index (κ3) is 1.26. The number of rotatable bonds is 1. The molecule has 1 aliphatic rings. The Labute approximate surface area is 74.8 Å². The fourth-order valence-electron chi connectivity index (χ4n) is 1.38. The quantitative estimate of drug-likeness (QED) is 0.725. The van der Waals surface area contributed by atoms with Crippen LogP contribution in [-0.2, 0) is 0 Å². The zero-order valence-electron chi connectivity index (χ0n) is 7.22. The molecule has 13 heavy (non-hydrogen) atoms. The smallest absolute Gasteiger partial charge is 0.257 e. The molecule has 1 saturated carbocycles. The fraction of sp³-hybridized carbons (Fsp3) is 0.444. The number of nitrogen functional groups attached to an aromatic ring is 1. The Bertz CT molecular complexity index is 349. The minimum atomic E-state index is -2.59. The van der Waals surface area contributed by atoms with Gasteiger partial charge in [0, 0.05) is 12.6 Å². The first-order valence-corrected chi connectivity index (χ1v) is 4.11. The molecule has 1 heterocycles. The molecule has 2 N–H and O–H groups in total. The zero-order chi connectivity index (χ0) is 9.64. The van der Waals surface area contributed by atoms with E-state index in [2.05, 4.69) is 4.98 Å². The standard InChI is InChI=1S/C9H10F2N2/c1-5-2-3-13-8(7(5)12)6-4-9(6,10)11/h2-3,6H,4,12H2,1H3. The van der Waals surface area contributed by atoms with Gasteiger partial charge in [0.25, 0.3) is 5.92 Å². The summed E-state index contributed by atoms with van der Waals surface area (Å²) in [5.74, 6) is -3.35. The monoisotopic (exact) mass is 184 g/mol. The Morgan fingerprint density at radius 3 is 2.77 bits per heavy atom. The average Bonchev–Trinajstić information content (AvgIpc) is 2.66. The fourth-order valence-corrected chi connectivity index (χ4v) is 1.38. The highest BCUT2D eigenvalue weighted by Gasteiger charge is 2.59. The van der Waals surface area contributed by atoms with Crippen LogP contribution < -0.4 is 5.73 Å². The first-order valence-electron chi connectivity index (χ1n) is 4.11. The van der Waals surface area contributed by atoms with Crippen molar-refractivity contribution in [2.24, 2.45) is 0 Å². The van der Waals surface area contributed by atoms with Crippen LogP contribution >= 0.6 is 0 Å². The number of halogens is 2. The van der Waals surface area contributed by atoms with Crippen LogP contribution in [0.5, 0.6) is 0 Å². The lowest BCUT2D eigenvalue weighted by molar-refractivity contribution is 0.111. The van der Waals surface area contributed by atoms with E-state index in [9.17, 15) is 8.78 Å². The number of pyridine rings is 1. The minimum absolute atomic E-state index is 0.117. The van der Waals surface area contributed by atoms with Crippen molar-refractivity contribution in [2.75, 3.05) is 5.73 Å². The first kappa shape index (κ1) is 8.41. The zero-order valence-corrected chi connectivity index (χ0v) is 7.22. The molecule has 2 nitrogen and oxygen atoms in total. The highest BCUT2D eigenvalue weighted by Crippen LogP contribution is 2.56. The van der Waals surface area contributed by atoms with E-state index in [0.29, 0.717) is 11.4 Å². The summed E-state index contributed by atoms with van der Waals surface area (Å²) < 4.78 is 25.4. The molecular weight excluding hydrogens is 174 g/mol. The summed E-state index contributed by atoms with van der Waals surface area (Å²) in [7, 11) is 0. The molecule has 1 unspecified atom stereocenters. The molecule has 0 saturated heterocycles. The summed E-state index contributed by atoms with van der Waals surface area (Å²) in [6.45, 7) is 1.79. The predicted octanol–water partition coefficient (Wildman–Crippen LogP) is 2.09. The van der Waals surface area contributed by atoms with Gasteiger partial charge in [-0.25, -0.2) is 8.78 Å². The van der Waals surface area contributed by atoms with E-state index in [0.717, 1.165) is 5.56 Å². The number of alkyl halides is 2. The molecule has 1 fully saturated rings. The lowest BCUT2D eigenvalue weighted by atomic mass is 10.1. The van der Waals surface area contributed by atoms with Crippen LogP contribution in [0.3, 0.4) is 0 Å². The molecule has 1 aromatic rings. The second kappa shape index (κ2) is 2.40. The van der Waals surface area contributed by atoms with E-state index in [4.69, 9.17) is 5.73 Å². The highest BCUT2D eigenvalue weighted by atomic mass is 19.3. The van der Waals surface area contributed by atoms with Gasteiger partial charge in [0.15, 0.2) is 0 Å². The molecular formula is C9H10F2N2. The van der Waals surface area contributed by atoms with Gasteiger partial charge in [0.1, 0.15) is 0 Å². The van der Waals surface area contributed by atoms with Crippen molar-refractivity contribution in [3.63, 3.8) is 0 Å². The molecule has 0 radical (unpaired) electrons. The lowest BCUT2D eigenvalue weighted by Gasteiger charge is -2.05. The van der Waals surface area contributed by atoms with Crippen molar-refractivity contribution >= 4 is 5.69 Å². The molecule has 1 aliphatic carbocycles. The molecule has 2 rings (SSSR count). The van der Waals surface area contributed by atoms with Gasteiger partial charge in [-0.05, 0) is 18.6 Å². The average molecular weight is 184 g/mol. The molecule has 0 aliphatic heterocycles. The van der Waals surface area contributed by atoms with E-state index in [1.165, 1.54) is 6.20 Å². The van der Waals surface area contributed by atoms with Crippen LogP contribution in [0.1, 0.15) is 23.6 Å². The van der Waals surface area contributed by atoms with E-state index in [-0.39, 0.29) is 6.42 Å². The van der Waals surface area contributed by atoms with Crippen LogP contribution in [0.15, 0.2) is 12.3 Å². The van der Waals surface area contributed by atoms with Crippen molar-refractivity contribution in [2.45, 2.75) is 25.2 Å². The molecule has 0 amide bonds. The normalized spacial score (nSPS) is 24.4. The third-order valence-electron chi connectivity index (χ3n) is 2.39. The number of aromatic nitrogens is 1. The summed E-state index contributed by atoms with van der Waals surface area (Å²) >= 11 is 0. The SMILES string of the molecule is Cc1ccnc(C2CC2(F)F)c1N. The molecule has 0 spiro atoms. The molecule has 1 aromatic heterocycles. The number of hydrogen-bond acceptors (Lipinski definition) is 2. The number of aryl methyl sites for hydroxylation is 1. The van der Waals surface area contributed by atoms with Crippen LogP contribution in [0.2, 0.25) is 0 Å². The van der Waals surface area contributed by atoms with E-state index in [1.54, 1.807) is 13.0 Å². The van der Waals surface area contributed by atoms with Gasteiger partial charge in [-0.1, -0.05) is 0 Å². The summed E-state index contributed by atoms with van der Waals surface area (Å²) in [6.07, 6.45) is 1.41. The lowest BCUT2D eigenvalue weighted by Crippen LogP contribution is -2.02. The number of hydrogen-bond donors (Lipinski definition) is 1. The number of nitrogens with zero attached hydrogens (tertiary/aromatic N) is 1. The van der Waals surface area contributed by atoms with Crippen molar-refractivity contribution < 1.29 is 8.78 Å². The maximum Gasteiger partial charge on any atom is 0.257 e. The first-order chi connectivity index (χ1) is 6.02. The predicted molar refractivity (Wildman–Crippen MR) is 45.7 cm³/mol. The van der Waals surface area contributed by atoms with Crippen molar-refractivity contribution in [3.05, 3.63) is 23.5 Å². The van der Waals surface area contributed by atoms with Crippen molar-refractivity contribution in [1.29, 1.82) is 0 Å². The Morgan fingerprint density at radius 1 is 1.62 bits per heavy atom. The Balaban J connectivity index is 2.38. The molecule has 0 bridgehead atoms. The van der Waals surface area contributed by atoms with E-state index in [1.807, 2.05) is 0 Å². The van der Waals surface area contributed by atoms with E-state index >= 15 is 0 Å². The summed E-state index contributed by atoms with van der Waals surface area (Å²) in [5, 5.41) is 0. The summed E-state index contributed by atoms with van der Waals surface area (Å²) in [6, 6.07) is 1.72. The topological polar surface area (TPSA) is 38.9 Å². The summed E-state index contributed by atoms with van der Waals surface area (Å²) in [5.41, 5.74) is 7.22. The van der Waals surface area contributed by atoms with Gasteiger partial charge in [0.05, 0.1) is 17.3 Å². The number of anilines is 1. The Kier molecular flexibility index (Phi) is 1.55.